The average Bonchev–Trinajstić information content (AvgIpc) is 2.16. The molecule has 1 heterocycles. The minimum absolute atomic E-state index is 0.790. The summed E-state index contributed by atoms with van der Waals surface area (Å²) in [5.41, 5.74) is 2.53. The van der Waals surface area contributed by atoms with Gasteiger partial charge in [-0.25, -0.2) is 0 Å². The van der Waals surface area contributed by atoms with Crippen molar-refractivity contribution in [2.24, 2.45) is 0 Å². The maximum Gasteiger partial charge on any atom is 0.101 e. The van der Waals surface area contributed by atoms with Crippen LogP contribution in [0.15, 0.2) is 12.1 Å². The Kier molecular flexibility index (Phi) is 2.31. The highest BCUT2D eigenvalue weighted by Gasteiger charge is 2.20. The molecule has 0 spiro atoms. The molecular weight excluding hydrogens is 174 g/mol. The van der Waals surface area contributed by atoms with Gasteiger partial charge < -0.3 is 5.11 Å². The van der Waals surface area contributed by atoms with E-state index in [1.165, 1.54) is 24.1 Å². The van der Waals surface area contributed by atoms with Gasteiger partial charge in [-0.2, -0.15) is 0 Å². The Morgan fingerprint density at radius 1 is 1.21 bits per heavy atom. The molecule has 14 heavy (non-hydrogen) atoms. The summed E-state index contributed by atoms with van der Waals surface area (Å²) in [6.45, 7) is 3.56. The molecule has 0 radical (unpaired) electrons. The Bertz CT molecular complexity index is 339. The lowest BCUT2D eigenvalue weighted by atomic mass is 9.94. The minimum atomic E-state index is -0.813. The lowest BCUT2D eigenvalue weighted by Crippen LogP contribution is -2.19. The van der Waals surface area contributed by atoms with Gasteiger partial charge in [-0.15, -0.1) is 0 Å². The van der Waals surface area contributed by atoms with Gasteiger partial charge in [-0.1, -0.05) is 6.07 Å². The summed E-state index contributed by atoms with van der Waals surface area (Å²) in [5.74, 6) is 0. The number of hydrogen-bond acceptors (Lipinski definition) is 2. The van der Waals surface area contributed by atoms with Crippen molar-refractivity contribution in [1.82, 2.24) is 4.98 Å². The van der Waals surface area contributed by atoms with Crippen molar-refractivity contribution >= 4 is 0 Å². The zero-order valence-electron chi connectivity index (χ0n) is 8.88. The molecule has 0 saturated carbocycles. The second-order valence-corrected chi connectivity index (χ2v) is 4.57. The van der Waals surface area contributed by atoms with Crippen LogP contribution in [0.3, 0.4) is 0 Å². The van der Waals surface area contributed by atoms with E-state index in [0.717, 1.165) is 18.5 Å². The summed E-state index contributed by atoms with van der Waals surface area (Å²) < 4.78 is 0. The predicted octanol–water partition coefficient (Wildman–Crippen LogP) is 2.19. The van der Waals surface area contributed by atoms with Crippen LogP contribution in [0.25, 0.3) is 0 Å². The van der Waals surface area contributed by atoms with Crippen molar-refractivity contribution in [3.8, 4) is 0 Å². The molecule has 1 aliphatic carbocycles. The molecule has 76 valence electrons. The summed E-state index contributed by atoms with van der Waals surface area (Å²) in [5, 5.41) is 9.83. The number of fused-ring (bicyclic) bond motifs is 1. The molecule has 2 nitrogen and oxygen atoms in total. The summed E-state index contributed by atoms with van der Waals surface area (Å²) >= 11 is 0. The van der Waals surface area contributed by atoms with E-state index < -0.39 is 5.60 Å². The number of hydrogen-bond donors (Lipinski definition) is 1. The molecule has 1 aliphatic rings. The molecule has 2 heteroatoms. The van der Waals surface area contributed by atoms with Crippen molar-refractivity contribution in [3.05, 3.63) is 29.1 Å². The zero-order valence-corrected chi connectivity index (χ0v) is 8.88. The van der Waals surface area contributed by atoms with E-state index in [4.69, 9.17) is 0 Å². The number of aliphatic hydroxyl groups is 1. The smallest absolute Gasteiger partial charge is 0.101 e. The van der Waals surface area contributed by atoms with E-state index in [0.29, 0.717) is 0 Å². The first-order chi connectivity index (χ1) is 6.57. The number of rotatable bonds is 1. The Hall–Kier alpha value is -0.890. The van der Waals surface area contributed by atoms with Crippen molar-refractivity contribution in [2.75, 3.05) is 0 Å². The third-order valence-electron chi connectivity index (χ3n) is 2.80. The van der Waals surface area contributed by atoms with Crippen LogP contribution >= 0.6 is 0 Å². The lowest BCUT2D eigenvalue weighted by molar-refractivity contribution is 0.0735. The van der Waals surface area contributed by atoms with Crippen LogP contribution < -0.4 is 0 Å². The highest BCUT2D eigenvalue weighted by Crippen LogP contribution is 2.23. The fourth-order valence-electron chi connectivity index (χ4n) is 1.92. The topological polar surface area (TPSA) is 33.1 Å². The average molecular weight is 191 g/mol. The maximum absolute atomic E-state index is 9.83. The van der Waals surface area contributed by atoms with Gasteiger partial charge in [0.2, 0.25) is 0 Å². The highest BCUT2D eigenvalue weighted by molar-refractivity contribution is 5.27. The van der Waals surface area contributed by atoms with Crippen molar-refractivity contribution in [3.63, 3.8) is 0 Å². The monoisotopic (exact) mass is 191 g/mol. The first-order valence-electron chi connectivity index (χ1n) is 5.29. The molecule has 0 amide bonds. The molecule has 0 aromatic carbocycles. The molecule has 2 rings (SSSR count). The SMILES string of the molecule is CC(C)(O)c1ccc2c(n1)CCCC2. The second-order valence-electron chi connectivity index (χ2n) is 4.57. The predicted molar refractivity (Wildman–Crippen MR) is 56.1 cm³/mol. The number of nitrogens with zero attached hydrogens (tertiary/aromatic N) is 1. The van der Waals surface area contributed by atoms with E-state index in [9.17, 15) is 5.11 Å². The van der Waals surface area contributed by atoms with Gasteiger partial charge in [0.25, 0.3) is 0 Å². The molecule has 1 N–H and O–H groups in total. The largest absolute Gasteiger partial charge is 0.384 e. The molecule has 0 aliphatic heterocycles. The van der Waals surface area contributed by atoms with Crippen LogP contribution in [0.5, 0.6) is 0 Å². The number of pyridine rings is 1. The molecule has 1 aromatic heterocycles. The molecule has 0 fully saturated rings. The number of aryl methyl sites for hydroxylation is 2. The number of aromatic nitrogens is 1. The highest BCUT2D eigenvalue weighted by atomic mass is 16.3. The van der Waals surface area contributed by atoms with Gasteiger partial charge in [0.15, 0.2) is 0 Å². The zero-order chi connectivity index (χ0) is 10.2. The molecule has 0 unspecified atom stereocenters. The first kappa shape index (κ1) is 9.66. The lowest BCUT2D eigenvalue weighted by Gasteiger charge is -2.21. The fourth-order valence-corrected chi connectivity index (χ4v) is 1.92. The summed E-state index contributed by atoms with van der Waals surface area (Å²) in [6, 6.07) is 4.07. The normalized spacial score (nSPS) is 16.5. The van der Waals surface area contributed by atoms with E-state index in [2.05, 4.69) is 11.1 Å². The molecule has 0 saturated heterocycles. The molecular formula is C12H17NO. The maximum atomic E-state index is 9.83. The van der Waals surface area contributed by atoms with Crippen LogP contribution in [0.2, 0.25) is 0 Å². The summed E-state index contributed by atoms with van der Waals surface area (Å²) in [7, 11) is 0. The van der Waals surface area contributed by atoms with Gasteiger partial charge in [0.05, 0.1) is 5.69 Å². The third kappa shape index (κ3) is 1.80. The van der Waals surface area contributed by atoms with Crippen molar-refractivity contribution < 1.29 is 5.11 Å². The molecule has 0 bridgehead atoms. The quantitative estimate of drug-likeness (QED) is 0.738. The van der Waals surface area contributed by atoms with E-state index in [1.54, 1.807) is 13.8 Å². The molecule has 0 atom stereocenters. The van der Waals surface area contributed by atoms with Gasteiger partial charge in [-0.3, -0.25) is 4.98 Å². The van der Waals surface area contributed by atoms with Gasteiger partial charge in [0, 0.05) is 5.69 Å². The Balaban J connectivity index is 2.39. The summed E-state index contributed by atoms with van der Waals surface area (Å²) in [6.07, 6.45) is 4.72. The van der Waals surface area contributed by atoms with Crippen molar-refractivity contribution in [1.29, 1.82) is 0 Å². The summed E-state index contributed by atoms with van der Waals surface area (Å²) in [4.78, 5) is 4.53. The van der Waals surface area contributed by atoms with E-state index >= 15 is 0 Å². The van der Waals surface area contributed by atoms with Crippen LogP contribution in [0.4, 0.5) is 0 Å². The van der Waals surface area contributed by atoms with Crippen LogP contribution in [0.1, 0.15) is 43.6 Å². The van der Waals surface area contributed by atoms with Gasteiger partial charge >= 0.3 is 0 Å². The minimum Gasteiger partial charge on any atom is -0.384 e. The Labute approximate surface area is 85.0 Å². The van der Waals surface area contributed by atoms with Crippen LogP contribution in [0, 0.1) is 0 Å². The standard InChI is InChI=1S/C12H17NO/c1-12(2,14)11-8-7-9-5-3-4-6-10(9)13-11/h7-8,14H,3-6H2,1-2H3. The van der Waals surface area contributed by atoms with Crippen LogP contribution in [-0.2, 0) is 18.4 Å². The Morgan fingerprint density at radius 2 is 1.93 bits per heavy atom. The van der Waals surface area contributed by atoms with Gasteiger partial charge in [-0.05, 0) is 51.2 Å². The van der Waals surface area contributed by atoms with Gasteiger partial charge in [0.1, 0.15) is 5.60 Å². The van der Waals surface area contributed by atoms with Crippen molar-refractivity contribution in [2.45, 2.75) is 45.1 Å². The van der Waals surface area contributed by atoms with E-state index in [-0.39, 0.29) is 0 Å². The second kappa shape index (κ2) is 3.35. The van der Waals surface area contributed by atoms with Crippen LogP contribution in [-0.4, -0.2) is 10.1 Å². The molecule has 1 aromatic rings. The third-order valence-corrected chi connectivity index (χ3v) is 2.80. The fraction of sp³-hybridized carbons (Fsp3) is 0.583. The first-order valence-corrected chi connectivity index (χ1v) is 5.29. The Morgan fingerprint density at radius 3 is 2.64 bits per heavy atom. The van der Waals surface area contributed by atoms with E-state index in [1.807, 2.05) is 6.07 Å².